The molecule has 1 heterocycles. The average molecular weight is 345 g/mol. The number of benzene rings is 1. The zero-order valence-corrected chi connectivity index (χ0v) is 15.8. The molecular weight excluding hydrogens is 314 g/mol. The lowest BCUT2D eigenvalue weighted by molar-refractivity contribution is -0.126. The van der Waals surface area contributed by atoms with E-state index < -0.39 is 6.04 Å². The molecule has 2 N–H and O–H groups in total. The molecular formula is C20H31N3O2. The fourth-order valence-electron chi connectivity index (χ4n) is 3.15. The number of hydrogen-bond donors (Lipinski definition) is 2. The second-order valence-electron chi connectivity index (χ2n) is 7.57. The van der Waals surface area contributed by atoms with Crippen LogP contribution in [0.15, 0.2) is 24.3 Å². The Balaban J connectivity index is 1.90. The molecule has 0 bridgehead atoms. The quantitative estimate of drug-likeness (QED) is 0.833. The summed E-state index contributed by atoms with van der Waals surface area (Å²) in [7, 11) is 0. The lowest BCUT2D eigenvalue weighted by atomic mass is 9.99. The van der Waals surface area contributed by atoms with Gasteiger partial charge in [-0.05, 0) is 55.5 Å². The van der Waals surface area contributed by atoms with Crippen molar-refractivity contribution >= 4 is 17.5 Å². The Morgan fingerprint density at radius 3 is 2.28 bits per heavy atom. The highest BCUT2D eigenvalue weighted by Crippen LogP contribution is 2.19. The van der Waals surface area contributed by atoms with Crippen LogP contribution in [0.1, 0.15) is 46.1 Å². The fourth-order valence-corrected chi connectivity index (χ4v) is 3.15. The molecule has 2 rings (SSSR count). The largest absolute Gasteiger partial charge is 0.344 e. The Morgan fingerprint density at radius 1 is 1.16 bits per heavy atom. The van der Waals surface area contributed by atoms with Crippen LogP contribution in [0.25, 0.3) is 0 Å². The minimum absolute atomic E-state index is 0.0321. The molecule has 0 aromatic heterocycles. The summed E-state index contributed by atoms with van der Waals surface area (Å²) in [6, 6.07) is 7.48. The lowest BCUT2D eigenvalue weighted by Gasteiger charge is -2.30. The monoisotopic (exact) mass is 345 g/mol. The number of piperidine rings is 1. The van der Waals surface area contributed by atoms with E-state index in [1.807, 2.05) is 26.0 Å². The molecule has 5 heteroatoms. The molecule has 1 unspecified atom stereocenters. The Morgan fingerprint density at radius 2 is 1.76 bits per heavy atom. The van der Waals surface area contributed by atoms with Gasteiger partial charge in [0.1, 0.15) is 6.04 Å². The van der Waals surface area contributed by atoms with Crippen molar-refractivity contribution in [1.29, 1.82) is 0 Å². The molecule has 0 aliphatic carbocycles. The highest BCUT2D eigenvalue weighted by Gasteiger charge is 2.23. The van der Waals surface area contributed by atoms with Gasteiger partial charge in [0.25, 0.3) is 0 Å². The summed E-state index contributed by atoms with van der Waals surface area (Å²) < 4.78 is 0. The number of rotatable bonds is 6. The lowest BCUT2D eigenvalue weighted by Crippen LogP contribution is -2.46. The van der Waals surface area contributed by atoms with Crippen molar-refractivity contribution < 1.29 is 9.59 Å². The van der Waals surface area contributed by atoms with Crippen LogP contribution in [-0.4, -0.2) is 35.8 Å². The van der Waals surface area contributed by atoms with Crippen LogP contribution in [0.5, 0.6) is 0 Å². The molecule has 0 radical (unpaired) electrons. The van der Waals surface area contributed by atoms with Crippen molar-refractivity contribution in [2.75, 3.05) is 18.4 Å². The summed E-state index contributed by atoms with van der Waals surface area (Å²) in [4.78, 5) is 26.1. The highest BCUT2D eigenvalue weighted by atomic mass is 16.2. The van der Waals surface area contributed by atoms with E-state index in [0.29, 0.717) is 0 Å². The Hall–Kier alpha value is -1.88. The standard InChI is InChI=1S/C20H31N3O2/c1-14(2)19(21-16(4)24)20(25)22-18-7-5-17(6-8-18)13-23-11-9-15(3)10-12-23/h5-8,14-15,19H,9-13H2,1-4H3,(H,21,24)(H,22,25). The number of carbonyl (C=O) groups excluding carboxylic acids is 2. The third-order valence-electron chi connectivity index (χ3n) is 4.81. The summed E-state index contributed by atoms with van der Waals surface area (Å²) in [5, 5.41) is 5.61. The van der Waals surface area contributed by atoms with Gasteiger partial charge in [-0.2, -0.15) is 0 Å². The Kier molecular flexibility index (Phi) is 7.00. The second kappa shape index (κ2) is 8.99. The molecule has 0 spiro atoms. The molecule has 5 nitrogen and oxygen atoms in total. The number of nitrogens with one attached hydrogen (secondary N) is 2. The number of amides is 2. The number of carbonyl (C=O) groups is 2. The molecule has 1 saturated heterocycles. The molecule has 1 aliphatic rings. The molecule has 1 aromatic rings. The van der Waals surface area contributed by atoms with Gasteiger partial charge in [0.2, 0.25) is 11.8 Å². The van der Waals surface area contributed by atoms with Crippen LogP contribution < -0.4 is 10.6 Å². The van der Waals surface area contributed by atoms with Crippen LogP contribution in [0, 0.1) is 11.8 Å². The predicted octanol–water partition coefficient (Wildman–Crippen LogP) is 3.02. The van der Waals surface area contributed by atoms with Gasteiger partial charge in [-0.15, -0.1) is 0 Å². The first-order valence-electron chi connectivity index (χ1n) is 9.24. The van der Waals surface area contributed by atoms with Gasteiger partial charge in [-0.1, -0.05) is 32.9 Å². The first-order valence-corrected chi connectivity index (χ1v) is 9.24. The third-order valence-corrected chi connectivity index (χ3v) is 4.81. The van der Waals surface area contributed by atoms with Crippen LogP contribution in [0.3, 0.4) is 0 Å². The average Bonchev–Trinajstić information content (AvgIpc) is 2.56. The van der Waals surface area contributed by atoms with Gasteiger partial charge >= 0.3 is 0 Å². The van der Waals surface area contributed by atoms with Gasteiger partial charge in [-0.25, -0.2) is 0 Å². The summed E-state index contributed by atoms with van der Waals surface area (Å²) in [5.74, 6) is 0.499. The SMILES string of the molecule is CC(=O)NC(C(=O)Nc1ccc(CN2CCC(C)CC2)cc1)C(C)C. The minimum atomic E-state index is -0.521. The van der Waals surface area contributed by atoms with Crippen molar-refractivity contribution in [3.8, 4) is 0 Å². The van der Waals surface area contributed by atoms with Crippen LogP contribution in [-0.2, 0) is 16.1 Å². The number of hydrogen-bond acceptors (Lipinski definition) is 3. The van der Waals surface area contributed by atoms with Crippen molar-refractivity contribution in [3.05, 3.63) is 29.8 Å². The van der Waals surface area contributed by atoms with E-state index in [1.54, 1.807) is 0 Å². The molecule has 1 aliphatic heterocycles. The number of nitrogens with zero attached hydrogens (tertiary/aromatic N) is 1. The minimum Gasteiger partial charge on any atom is -0.344 e. The van der Waals surface area contributed by atoms with Gasteiger partial charge in [0.05, 0.1) is 0 Å². The molecule has 1 fully saturated rings. The first-order chi connectivity index (χ1) is 11.8. The number of likely N-dealkylation sites (tertiary alicyclic amines) is 1. The highest BCUT2D eigenvalue weighted by molar-refractivity contribution is 5.97. The molecule has 1 aromatic carbocycles. The van der Waals surface area contributed by atoms with E-state index in [4.69, 9.17) is 0 Å². The Labute approximate surface area is 151 Å². The van der Waals surface area contributed by atoms with E-state index in [1.165, 1.54) is 25.3 Å². The molecule has 25 heavy (non-hydrogen) atoms. The summed E-state index contributed by atoms with van der Waals surface area (Å²) >= 11 is 0. The van der Waals surface area contributed by atoms with E-state index in [2.05, 4.69) is 34.6 Å². The van der Waals surface area contributed by atoms with Gasteiger partial charge in [0.15, 0.2) is 0 Å². The van der Waals surface area contributed by atoms with Crippen LogP contribution in [0.2, 0.25) is 0 Å². The van der Waals surface area contributed by atoms with E-state index >= 15 is 0 Å². The van der Waals surface area contributed by atoms with Gasteiger partial charge < -0.3 is 10.6 Å². The summed E-state index contributed by atoms with van der Waals surface area (Å²) in [6.45, 7) is 10.9. The zero-order valence-electron chi connectivity index (χ0n) is 15.8. The molecule has 138 valence electrons. The van der Waals surface area contributed by atoms with Crippen LogP contribution >= 0.6 is 0 Å². The first kappa shape index (κ1) is 19.4. The maximum atomic E-state index is 12.4. The predicted molar refractivity (Wildman–Crippen MR) is 101 cm³/mol. The van der Waals surface area contributed by atoms with E-state index in [0.717, 1.165) is 31.2 Å². The smallest absolute Gasteiger partial charge is 0.247 e. The fraction of sp³-hybridized carbons (Fsp3) is 0.600. The maximum Gasteiger partial charge on any atom is 0.247 e. The summed E-state index contributed by atoms with van der Waals surface area (Å²) in [6.07, 6.45) is 2.54. The maximum absolute atomic E-state index is 12.4. The van der Waals surface area contributed by atoms with Crippen LogP contribution in [0.4, 0.5) is 5.69 Å². The van der Waals surface area contributed by atoms with Crippen molar-refractivity contribution in [2.45, 2.75) is 53.1 Å². The second-order valence-corrected chi connectivity index (χ2v) is 7.57. The van der Waals surface area contributed by atoms with Crippen molar-refractivity contribution in [1.82, 2.24) is 10.2 Å². The zero-order chi connectivity index (χ0) is 18.4. The topological polar surface area (TPSA) is 61.4 Å². The Bertz CT molecular complexity index is 575. The van der Waals surface area contributed by atoms with Crippen molar-refractivity contribution in [2.24, 2.45) is 11.8 Å². The van der Waals surface area contributed by atoms with Gasteiger partial charge in [-0.3, -0.25) is 14.5 Å². The van der Waals surface area contributed by atoms with E-state index in [-0.39, 0.29) is 17.7 Å². The molecule has 2 amide bonds. The van der Waals surface area contributed by atoms with Gasteiger partial charge in [0, 0.05) is 19.2 Å². The number of anilines is 1. The van der Waals surface area contributed by atoms with Crippen molar-refractivity contribution in [3.63, 3.8) is 0 Å². The third kappa shape index (κ3) is 6.16. The molecule has 0 saturated carbocycles. The molecule has 1 atom stereocenters. The van der Waals surface area contributed by atoms with E-state index in [9.17, 15) is 9.59 Å². The normalized spacial score (nSPS) is 17.3. The summed E-state index contributed by atoms with van der Waals surface area (Å²) in [5.41, 5.74) is 2.02.